The maximum atomic E-state index is 5.93. The molecule has 0 amide bonds. The number of nitrogens with zero attached hydrogens (tertiary/aromatic N) is 2. The molecule has 0 saturated carbocycles. The van der Waals surface area contributed by atoms with E-state index in [0.29, 0.717) is 18.5 Å². The van der Waals surface area contributed by atoms with Gasteiger partial charge in [-0.1, -0.05) is 25.1 Å². The van der Waals surface area contributed by atoms with E-state index in [-0.39, 0.29) is 17.0 Å². The molecule has 3 N–H and O–H groups in total. The Morgan fingerprint density at radius 2 is 2.00 bits per heavy atom. The van der Waals surface area contributed by atoms with E-state index in [9.17, 15) is 0 Å². The van der Waals surface area contributed by atoms with Crippen LogP contribution < -0.4 is 16.0 Å². The van der Waals surface area contributed by atoms with Crippen molar-refractivity contribution in [1.82, 2.24) is 5.32 Å². The monoisotopic (exact) mass is 354 g/mol. The van der Waals surface area contributed by atoms with Gasteiger partial charge in [0.2, 0.25) is 0 Å². The smallest absolute Gasteiger partial charge is 0.189 e. The first kappa shape index (κ1) is 17.8. The number of anilines is 1. The Hall–Kier alpha value is -1.23. The predicted octanol–water partition coefficient (Wildman–Crippen LogP) is 3.07. The second-order valence-electron chi connectivity index (χ2n) is 5.48. The van der Waals surface area contributed by atoms with E-state index in [1.807, 2.05) is 0 Å². The lowest BCUT2D eigenvalue weighted by Gasteiger charge is -2.20. The third-order valence-corrected chi connectivity index (χ3v) is 3.86. The molecule has 0 bridgehead atoms. The van der Waals surface area contributed by atoms with Crippen LogP contribution in [0.15, 0.2) is 29.3 Å². The molecule has 1 fully saturated rings. The van der Waals surface area contributed by atoms with E-state index in [2.05, 4.69) is 53.3 Å². The average molecular weight is 355 g/mol. The molecule has 118 valence electrons. The minimum Gasteiger partial charge on any atom is -0.371 e. The van der Waals surface area contributed by atoms with Crippen molar-refractivity contribution in [3.8, 4) is 0 Å². The molecule has 1 unspecified atom stereocenters. The zero-order valence-electron chi connectivity index (χ0n) is 13.0. The minimum atomic E-state index is 0. The lowest BCUT2D eigenvalue weighted by molar-refractivity contribution is 0.636. The van der Waals surface area contributed by atoms with Crippen LogP contribution in [0.25, 0.3) is 0 Å². The van der Waals surface area contributed by atoms with E-state index in [1.54, 1.807) is 0 Å². The molecular weight excluding hydrogens is 328 g/mol. The van der Waals surface area contributed by atoms with Crippen LogP contribution in [0.3, 0.4) is 0 Å². The number of aliphatic imine (C=N–C) groups is 1. The molecule has 5 heteroatoms. The fraction of sp³-hybridized carbons (Fsp3) is 0.562. The summed E-state index contributed by atoms with van der Waals surface area (Å²) in [6.07, 6.45) is 3.62. The highest BCUT2D eigenvalue weighted by molar-refractivity contribution is 8.93. The van der Waals surface area contributed by atoms with E-state index < -0.39 is 0 Å². The van der Waals surface area contributed by atoms with Gasteiger partial charge in [-0.25, -0.2) is 4.99 Å². The van der Waals surface area contributed by atoms with Crippen LogP contribution in [0.4, 0.5) is 5.69 Å². The van der Waals surface area contributed by atoms with Crippen molar-refractivity contribution in [1.29, 1.82) is 0 Å². The molecule has 0 aromatic heterocycles. The summed E-state index contributed by atoms with van der Waals surface area (Å²) in [4.78, 5) is 6.92. The van der Waals surface area contributed by atoms with Gasteiger partial charge in [0.1, 0.15) is 0 Å². The number of guanidine groups is 1. The molecule has 1 saturated heterocycles. The Kier molecular flexibility index (Phi) is 7.57. The van der Waals surface area contributed by atoms with Crippen molar-refractivity contribution in [2.24, 2.45) is 10.7 Å². The molecule has 0 spiro atoms. The van der Waals surface area contributed by atoms with Gasteiger partial charge in [-0.2, -0.15) is 0 Å². The quantitative estimate of drug-likeness (QED) is 0.631. The van der Waals surface area contributed by atoms with Crippen LogP contribution in [0.5, 0.6) is 0 Å². The molecule has 2 rings (SSSR count). The van der Waals surface area contributed by atoms with Gasteiger partial charge in [-0.05, 0) is 37.8 Å². The highest BCUT2D eigenvalue weighted by Gasteiger charge is 2.14. The molecule has 1 aromatic carbocycles. The number of benzene rings is 1. The number of nitrogens with two attached hydrogens (primary N) is 1. The highest BCUT2D eigenvalue weighted by atomic mass is 79.9. The molecule has 1 atom stereocenters. The number of nitrogens with one attached hydrogen (secondary N) is 1. The second-order valence-corrected chi connectivity index (χ2v) is 5.48. The molecule has 0 radical (unpaired) electrons. The van der Waals surface area contributed by atoms with Gasteiger partial charge in [0.25, 0.3) is 0 Å². The van der Waals surface area contributed by atoms with Crippen molar-refractivity contribution >= 4 is 28.6 Å². The van der Waals surface area contributed by atoms with Gasteiger partial charge < -0.3 is 16.0 Å². The summed E-state index contributed by atoms with van der Waals surface area (Å²) in [6, 6.07) is 8.87. The first-order chi connectivity index (χ1) is 9.70. The Bertz CT molecular complexity index is 455. The topological polar surface area (TPSA) is 53.6 Å². The van der Waals surface area contributed by atoms with Gasteiger partial charge in [-0.15, -0.1) is 17.0 Å². The summed E-state index contributed by atoms with van der Waals surface area (Å²) in [6.45, 7) is 7.19. The summed E-state index contributed by atoms with van der Waals surface area (Å²) < 4.78 is 0. The number of halogens is 1. The predicted molar refractivity (Wildman–Crippen MR) is 96.4 cm³/mol. The third kappa shape index (κ3) is 5.23. The largest absolute Gasteiger partial charge is 0.371 e. The highest BCUT2D eigenvalue weighted by Crippen LogP contribution is 2.24. The number of hydrogen-bond donors (Lipinski definition) is 2. The third-order valence-electron chi connectivity index (χ3n) is 3.86. The maximum absolute atomic E-state index is 5.93. The van der Waals surface area contributed by atoms with Crippen LogP contribution in [0.2, 0.25) is 0 Å². The Morgan fingerprint density at radius 3 is 2.67 bits per heavy atom. The van der Waals surface area contributed by atoms with Gasteiger partial charge in [0.05, 0.1) is 6.54 Å². The van der Waals surface area contributed by atoms with E-state index in [0.717, 1.165) is 19.5 Å². The van der Waals surface area contributed by atoms with Crippen molar-refractivity contribution in [2.45, 2.75) is 45.7 Å². The summed E-state index contributed by atoms with van der Waals surface area (Å²) in [5.74, 6) is 0.538. The Balaban J connectivity index is 0.00000220. The molecule has 1 heterocycles. The molecule has 21 heavy (non-hydrogen) atoms. The summed E-state index contributed by atoms with van der Waals surface area (Å²) >= 11 is 0. The maximum Gasteiger partial charge on any atom is 0.189 e. The fourth-order valence-electron chi connectivity index (χ4n) is 2.48. The van der Waals surface area contributed by atoms with E-state index in [1.165, 1.54) is 24.1 Å². The molecule has 0 aliphatic carbocycles. The van der Waals surface area contributed by atoms with Crippen LogP contribution >= 0.6 is 17.0 Å². The molecule has 1 aromatic rings. The Morgan fingerprint density at radius 1 is 1.33 bits per heavy atom. The summed E-state index contributed by atoms with van der Waals surface area (Å²) in [7, 11) is 0. The summed E-state index contributed by atoms with van der Waals surface area (Å²) in [5, 5.41) is 3.20. The van der Waals surface area contributed by atoms with Crippen LogP contribution in [-0.4, -0.2) is 25.1 Å². The lowest BCUT2D eigenvalue weighted by atomic mass is 10.1. The molecule has 1 aliphatic heterocycles. The van der Waals surface area contributed by atoms with Crippen molar-refractivity contribution in [3.63, 3.8) is 0 Å². The number of hydrogen-bond acceptors (Lipinski definition) is 2. The first-order valence-electron chi connectivity index (χ1n) is 7.60. The second kappa shape index (κ2) is 8.93. The summed E-state index contributed by atoms with van der Waals surface area (Å²) in [5.41, 5.74) is 8.49. The van der Waals surface area contributed by atoms with Crippen LogP contribution in [0, 0.1) is 0 Å². The zero-order chi connectivity index (χ0) is 14.4. The van der Waals surface area contributed by atoms with E-state index >= 15 is 0 Å². The van der Waals surface area contributed by atoms with Gasteiger partial charge in [0.15, 0.2) is 5.96 Å². The SMILES string of the molecule is Br.CCC(C)NC(N)=NCc1ccccc1N1CCCC1. The van der Waals surface area contributed by atoms with Crippen molar-refractivity contribution in [3.05, 3.63) is 29.8 Å². The van der Waals surface area contributed by atoms with Crippen molar-refractivity contribution in [2.75, 3.05) is 18.0 Å². The average Bonchev–Trinajstić information content (AvgIpc) is 2.99. The van der Waals surface area contributed by atoms with Gasteiger partial charge in [-0.3, -0.25) is 0 Å². The minimum absolute atomic E-state index is 0. The molecule has 4 nitrogen and oxygen atoms in total. The fourth-order valence-corrected chi connectivity index (χ4v) is 2.48. The standard InChI is InChI=1S/C16H26N4.BrH/c1-3-13(2)19-16(17)18-12-14-8-4-5-9-15(14)20-10-6-7-11-20;/h4-5,8-9,13H,3,6-7,10-12H2,1-2H3,(H3,17,18,19);1H. The van der Waals surface area contributed by atoms with E-state index in [4.69, 9.17) is 5.73 Å². The molecular formula is C16H27BrN4. The normalized spacial score (nSPS) is 16.5. The number of rotatable bonds is 5. The van der Waals surface area contributed by atoms with Crippen LogP contribution in [-0.2, 0) is 6.54 Å². The lowest BCUT2D eigenvalue weighted by Crippen LogP contribution is -2.38. The number of para-hydroxylation sites is 1. The van der Waals surface area contributed by atoms with Crippen molar-refractivity contribution < 1.29 is 0 Å². The molecule has 1 aliphatic rings. The zero-order valence-corrected chi connectivity index (χ0v) is 14.7. The van der Waals surface area contributed by atoms with Gasteiger partial charge >= 0.3 is 0 Å². The first-order valence-corrected chi connectivity index (χ1v) is 7.60. The van der Waals surface area contributed by atoms with Crippen LogP contribution in [0.1, 0.15) is 38.7 Å². The Labute approximate surface area is 138 Å². The van der Waals surface area contributed by atoms with Gasteiger partial charge in [0, 0.05) is 24.8 Å².